The van der Waals surface area contributed by atoms with E-state index in [2.05, 4.69) is 89.5 Å². The molecule has 0 aliphatic rings. The van der Waals surface area contributed by atoms with Gasteiger partial charge in [0.2, 0.25) is 0 Å². The minimum absolute atomic E-state index is 0.804. The van der Waals surface area contributed by atoms with Gasteiger partial charge in [-0.3, -0.25) is 4.98 Å². The minimum atomic E-state index is 0.804. The summed E-state index contributed by atoms with van der Waals surface area (Å²) in [5.41, 5.74) is 4.71. The first-order valence-electron chi connectivity index (χ1n) is 8.18. The van der Waals surface area contributed by atoms with E-state index in [9.17, 15) is 0 Å². The fourth-order valence-electron chi connectivity index (χ4n) is 2.71. The molecule has 1 aromatic heterocycles. The molecule has 0 saturated carbocycles. The molecule has 2 aromatic carbocycles. The quantitative estimate of drug-likeness (QED) is 0.673. The Kier molecular flexibility index (Phi) is 5.12. The predicted octanol–water partition coefficient (Wildman–Crippen LogP) is 4.35. The van der Waals surface area contributed by atoms with Gasteiger partial charge in [0.25, 0.3) is 0 Å². The van der Waals surface area contributed by atoms with E-state index >= 15 is 0 Å². The van der Waals surface area contributed by atoms with E-state index in [0.717, 1.165) is 18.8 Å². The molecule has 0 amide bonds. The summed E-state index contributed by atoms with van der Waals surface area (Å²) in [6.07, 6.45) is 1.98. The molecule has 0 saturated heterocycles. The van der Waals surface area contributed by atoms with E-state index in [-0.39, 0.29) is 0 Å². The first-order valence-corrected chi connectivity index (χ1v) is 8.18. The molecule has 0 aliphatic carbocycles. The van der Waals surface area contributed by atoms with Gasteiger partial charge in [-0.05, 0) is 35.9 Å². The lowest BCUT2D eigenvalue weighted by molar-refractivity contribution is 0.867. The molecular formula is C21H23N3. The van der Waals surface area contributed by atoms with Gasteiger partial charge in [0.05, 0.1) is 12.2 Å². The maximum absolute atomic E-state index is 4.62. The topological polar surface area (TPSA) is 19.4 Å². The second-order valence-electron chi connectivity index (χ2n) is 6.04. The second-order valence-corrected chi connectivity index (χ2v) is 6.04. The number of para-hydroxylation sites is 2. The minimum Gasteiger partial charge on any atom is -0.370 e. The summed E-state index contributed by atoms with van der Waals surface area (Å²) >= 11 is 0. The fourth-order valence-corrected chi connectivity index (χ4v) is 2.71. The van der Waals surface area contributed by atoms with E-state index in [1.165, 1.54) is 16.9 Å². The lowest BCUT2D eigenvalue weighted by atomic mass is 10.2. The normalized spacial score (nSPS) is 10.4. The van der Waals surface area contributed by atoms with Crippen molar-refractivity contribution in [3.8, 4) is 0 Å². The van der Waals surface area contributed by atoms with Gasteiger partial charge >= 0.3 is 0 Å². The SMILES string of the molecule is CN(Cc1ccc(CN(C)c2ccccc2)nc1)c1ccccc1. The van der Waals surface area contributed by atoms with Crippen LogP contribution in [0.2, 0.25) is 0 Å². The molecular weight excluding hydrogens is 294 g/mol. The lowest BCUT2D eigenvalue weighted by Crippen LogP contribution is -2.18. The Balaban J connectivity index is 1.61. The second kappa shape index (κ2) is 7.64. The maximum atomic E-state index is 4.62. The fraction of sp³-hybridized carbons (Fsp3) is 0.190. The average molecular weight is 317 g/mol. The van der Waals surface area contributed by atoms with Crippen LogP contribution in [0.5, 0.6) is 0 Å². The lowest BCUT2D eigenvalue weighted by Gasteiger charge is -2.20. The highest BCUT2D eigenvalue weighted by atomic mass is 15.1. The first kappa shape index (κ1) is 16.1. The standard InChI is InChI=1S/C21H23N3/c1-23(20-9-5-3-6-10-20)16-18-13-14-19(22-15-18)17-24(2)21-11-7-4-8-12-21/h3-15H,16-17H2,1-2H3. The third-order valence-corrected chi connectivity index (χ3v) is 4.10. The molecule has 3 rings (SSSR count). The molecule has 0 N–H and O–H groups in total. The van der Waals surface area contributed by atoms with Crippen LogP contribution in [0.1, 0.15) is 11.3 Å². The molecule has 122 valence electrons. The predicted molar refractivity (Wildman–Crippen MR) is 101 cm³/mol. The van der Waals surface area contributed by atoms with Crippen LogP contribution in [-0.2, 0) is 13.1 Å². The van der Waals surface area contributed by atoms with Gasteiger partial charge in [-0.2, -0.15) is 0 Å². The van der Waals surface area contributed by atoms with Gasteiger partial charge in [0.15, 0.2) is 0 Å². The molecule has 0 fully saturated rings. The summed E-state index contributed by atoms with van der Waals surface area (Å²) in [6.45, 7) is 1.66. The van der Waals surface area contributed by atoms with Crippen molar-refractivity contribution in [1.29, 1.82) is 0 Å². The van der Waals surface area contributed by atoms with Gasteiger partial charge in [-0.1, -0.05) is 42.5 Å². The molecule has 1 heterocycles. The van der Waals surface area contributed by atoms with Crippen LogP contribution in [0, 0.1) is 0 Å². The molecule has 3 nitrogen and oxygen atoms in total. The molecule has 24 heavy (non-hydrogen) atoms. The number of hydrogen-bond acceptors (Lipinski definition) is 3. The molecule has 0 aliphatic heterocycles. The van der Waals surface area contributed by atoms with Crippen LogP contribution in [0.4, 0.5) is 11.4 Å². The van der Waals surface area contributed by atoms with Crippen molar-refractivity contribution in [3.63, 3.8) is 0 Å². The Morgan fingerprint density at radius 3 is 1.71 bits per heavy atom. The van der Waals surface area contributed by atoms with Gasteiger partial charge in [-0.25, -0.2) is 0 Å². The van der Waals surface area contributed by atoms with E-state index in [1.807, 2.05) is 18.3 Å². The van der Waals surface area contributed by atoms with Gasteiger partial charge in [-0.15, -0.1) is 0 Å². The zero-order valence-corrected chi connectivity index (χ0v) is 14.3. The highest BCUT2D eigenvalue weighted by molar-refractivity contribution is 5.46. The highest BCUT2D eigenvalue weighted by Gasteiger charge is 2.05. The van der Waals surface area contributed by atoms with Crippen LogP contribution in [-0.4, -0.2) is 19.1 Å². The number of hydrogen-bond donors (Lipinski definition) is 0. The van der Waals surface area contributed by atoms with Crippen LogP contribution in [0.15, 0.2) is 79.0 Å². The van der Waals surface area contributed by atoms with Crippen LogP contribution in [0.3, 0.4) is 0 Å². The van der Waals surface area contributed by atoms with Crippen molar-refractivity contribution in [1.82, 2.24) is 4.98 Å². The van der Waals surface area contributed by atoms with Crippen LogP contribution >= 0.6 is 0 Å². The molecule has 0 bridgehead atoms. The monoisotopic (exact) mass is 317 g/mol. The summed E-state index contributed by atoms with van der Waals surface area (Å²) in [5.74, 6) is 0. The van der Waals surface area contributed by atoms with E-state index < -0.39 is 0 Å². The third kappa shape index (κ3) is 4.13. The smallest absolute Gasteiger partial charge is 0.0598 e. The van der Waals surface area contributed by atoms with Crippen molar-refractivity contribution >= 4 is 11.4 Å². The summed E-state index contributed by atoms with van der Waals surface area (Å²) < 4.78 is 0. The number of pyridine rings is 1. The summed E-state index contributed by atoms with van der Waals surface area (Å²) in [4.78, 5) is 9.06. The van der Waals surface area contributed by atoms with Crippen molar-refractivity contribution in [2.45, 2.75) is 13.1 Å². The van der Waals surface area contributed by atoms with Crippen molar-refractivity contribution in [2.24, 2.45) is 0 Å². The number of benzene rings is 2. The molecule has 0 spiro atoms. The van der Waals surface area contributed by atoms with Gasteiger partial charge in [0, 0.05) is 38.2 Å². The zero-order chi connectivity index (χ0) is 16.8. The number of aromatic nitrogens is 1. The Morgan fingerprint density at radius 1 is 0.667 bits per heavy atom. The first-order chi connectivity index (χ1) is 11.7. The third-order valence-electron chi connectivity index (χ3n) is 4.10. The zero-order valence-electron chi connectivity index (χ0n) is 14.3. The highest BCUT2D eigenvalue weighted by Crippen LogP contribution is 2.16. The van der Waals surface area contributed by atoms with Crippen molar-refractivity contribution in [3.05, 3.63) is 90.3 Å². The number of nitrogens with zero attached hydrogens (tertiary/aromatic N) is 3. The van der Waals surface area contributed by atoms with Crippen LogP contribution < -0.4 is 9.80 Å². The average Bonchev–Trinajstić information content (AvgIpc) is 2.65. The van der Waals surface area contributed by atoms with E-state index in [0.29, 0.717) is 0 Å². The van der Waals surface area contributed by atoms with Gasteiger partial charge < -0.3 is 9.80 Å². The summed E-state index contributed by atoms with van der Waals surface area (Å²) in [6, 6.07) is 25.1. The molecule has 3 aromatic rings. The van der Waals surface area contributed by atoms with E-state index in [4.69, 9.17) is 0 Å². The van der Waals surface area contributed by atoms with Crippen molar-refractivity contribution < 1.29 is 0 Å². The largest absolute Gasteiger partial charge is 0.370 e. The molecule has 0 unspecified atom stereocenters. The van der Waals surface area contributed by atoms with Crippen molar-refractivity contribution in [2.75, 3.05) is 23.9 Å². The molecule has 0 radical (unpaired) electrons. The number of anilines is 2. The molecule has 0 atom stereocenters. The number of rotatable bonds is 6. The van der Waals surface area contributed by atoms with Gasteiger partial charge in [0.1, 0.15) is 0 Å². The Morgan fingerprint density at radius 2 is 1.21 bits per heavy atom. The Bertz CT molecular complexity index is 673. The Labute approximate surface area is 144 Å². The maximum Gasteiger partial charge on any atom is 0.0598 e. The molecule has 3 heteroatoms. The summed E-state index contributed by atoms with van der Waals surface area (Å²) in [5, 5.41) is 0. The summed E-state index contributed by atoms with van der Waals surface area (Å²) in [7, 11) is 4.19. The van der Waals surface area contributed by atoms with Crippen LogP contribution in [0.25, 0.3) is 0 Å². The Hall–Kier alpha value is -2.81. The van der Waals surface area contributed by atoms with E-state index in [1.54, 1.807) is 0 Å².